The van der Waals surface area contributed by atoms with Crippen molar-refractivity contribution in [2.75, 3.05) is 32.1 Å². The van der Waals surface area contributed by atoms with Crippen LogP contribution in [0.15, 0.2) is 42.6 Å². The Hall–Kier alpha value is -3.95. The van der Waals surface area contributed by atoms with Crippen molar-refractivity contribution >= 4 is 40.3 Å². The predicted molar refractivity (Wildman–Crippen MR) is 158 cm³/mol. The van der Waals surface area contributed by atoms with Crippen molar-refractivity contribution in [2.45, 2.75) is 32.7 Å². The molecular weight excluding hydrogens is 526 g/mol. The third-order valence-corrected chi connectivity index (χ3v) is 9.02. The fraction of sp³-hybridized carbons (Fsp3) is 0.333. The molecule has 9 nitrogen and oxygen atoms in total. The van der Waals surface area contributed by atoms with Gasteiger partial charge in [0.05, 0.1) is 29.4 Å². The number of aliphatic hydroxyl groups is 1. The molecule has 206 valence electrons. The van der Waals surface area contributed by atoms with Crippen LogP contribution in [-0.4, -0.2) is 68.9 Å². The summed E-state index contributed by atoms with van der Waals surface area (Å²) in [6.45, 7) is 8.79. The van der Waals surface area contributed by atoms with E-state index in [0.717, 1.165) is 68.6 Å². The Morgan fingerprint density at radius 2 is 2.05 bits per heavy atom. The highest BCUT2D eigenvalue weighted by molar-refractivity contribution is 6.36. The smallest absolute Gasteiger partial charge is 0.251 e. The third-order valence-electron chi connectivity index (χ3n) is 8.53. The maximum atomic E-state index is 12.4. The Morgan fingerprint density at radius 1 is 1.30 bits per heavy atom. The Bertz CT molecular complexity index is 1690. The molecule has 1 saturated carbocycles. The van der Waals surface area contributed by atoms with Gasteiger partial charge in [-0.1, -0.05) is 24.2 Å². The number of halogens is 1. The highest BCUT2D eigenvalue weighted by Gasteiger charge is 2.55. The van der Waals surface area contributed by atoms with Gasteiger partial charge in [-0.2, -0.15) is 10.2 Å². The van der Waals surface area contributed by atoms with E-state index in [1.807, 2.05) is 44.4 Å². The normalized spacial score (nSPS) is 16.2. The summed E-state index contributed by atoms with van der Waals surface area (Å²) in [5.74, 6) is -0.165. The first-order valence-electron chi connectivity index (χ1n) is 13.3. The molecule has 4 N–H and O–H groups in total. The van der Waals surface area contributed by atoms with Gasteiger partial charge in [0.2, 0.25) is 0 Å². The second kappa shape index (κ2) is 9.60. The molecule has 1 saturated heterocycles. The van der Waals surface area contributed by atoms with Crippen molar-refractivity contribution in [3.8, 4) is 22.4 Å². The second-order valence-electron chi connectivity index (χ2n) is 11.1. The van der Waals surface area contributed by atoms with Crippen molar-refractivity contribution in [2.24, 2.45) is 5.41 Å². The average molecular weight is 558 g/mol. The van der Waals surface area contributed by atoms with Gasteiger partial charge in [0.25, 0.3) is 5.91 Å². The number of benzene rings is 2. The Balaban J connectivity index is 1.43. The van der Waals surface area contributed by atoms with Gasteiger partial charge < -0.3 is 20.7 Å². The van der Waals surface area contributed by atoms with E-state index in [1.165, 1.54) is 6.21 Å². The van der Waals surface area contributed by atoms with Crippen molar-refractivity contribution in [1.29, 1.82) is 5.41 Å². The third kappa shape index (κ3) is 3.95. The number of amides is 1. The maximum Gasteiger partial charge on any atom is 0.251 e. The Kier molecular flexibility index (Phi) is 6.31. The van der Waals surface area contributed by atoms with Crippen LogP contribution in [0.25, 0.3) is 33.3 Å². The first-order valence-corrected chi connectivity index (χ1v) is 13.7. The summed E-state index contributed by atoms with van der Waals surface area (Å²) in [5, 5.41) is 34.5. The number of carbonyl (C=O) groups is 1. The lowest BCUT2D eigenvalue weighted by atomic mass is 9.60. The van der Waals surface area contributed by atoms with Gasteiger partial charge in [-0.15, -0.1) is 0 Å². The summed E-state index contributed by atoms with van der Waals surface area (Å²) >= 11 is 7.01. The van der Waals surface area contributed by atoms with E-state index in [-0.39, 0.29) is 29.5 Å². The largest absolute Gasteiger partial charge is 0.391 e. The molecule has 1 amide bonds. The molecule has 1 spiro atoms. The summed E-state index contributed by atoms with van der Waals surface area (Å²) in [6.07, 6.45) is 4.98. The quantitative estimate of drug-likeness (QED) is 0.186. The SMILES string of the molecule is C=C(CO)C(=O)N1CC2(CC(n3nc(-c4ccc(NC)c(C=N)c4)c(-c4c(Cl)c(C)cc5[nH]ncc45)c3C)C2)C1. The molecule has 4 aromatic rings. The van der Waals surface area contributed by atoms with E-state index in [1.54, 1.807) is 4.90 Å². The van der Waals surface area contributed by atoms with Crippen LogP contribution in [0.2, 0.25) is 5.02 Å². The lowest BCUT2D eigenvalue weighted by Gasteiger charge is -2.59. The van der Waals surface area contributed by atoms with E-state index in [9.17, 15) is 9.90 Å². The fourth-order valence-corrected chi connectivity index (χ4v) is 6.70. The molecule has 2 aliphatic rings. The van der Waals surface area contributed by atoms with Crippen molar-refractivity contribution in [3.63, 3.8) is 0 Å². The van der Waals surface area contributed by atoms with E-state index in [4.69, 9.17) is 22.1 Å². The number of carbonyl (C=O) groups excluding carboxylic acids is 1. The second-order valence-corrected chi connectivity index (χ2v) is 11.5. The van der Waals surface area contributed by atoms with E-state index in [0.29, 0.717) is 18.1 Å². The standard InChI is InChI=1S/C30H32ClN7O2/c1-16-7-24-22(12-34-35-24)26(27(16)31)25-18(3)38(36-28(25)19-5-6-23(33-4)20(8-19)11-32)21-9-30(10-21)14-37(15-30)29(40)17(2)13-39/h5-8,11-12,21,32-33,39H,2,9-10,13-15H2,1,3-4H3,(H,34,35). The van der Waals surface area contributed by atoms with E-state index >= 15 is 0 Å². The molecule has 40 heavy (non-hydrogen) atoms. The fourth-order valence-electron chi connectivity index (χ4n) is 6.45. The minimum absolute atomic E-state index is 0.0787. The van der Waals surface area contributed by atoms with Crippen LogP contribution in [0.4, 0.5) is 5.69 Å². The number of aromatic nitrogens is 4. The average Bonchev–Trinajstić information content (AvgIpc) is 3.51. The zero-order chi connectivity index (χ0) is 28.3. The molecule has 0 atom stereocenters. The van der Waals surface area contributed by atoms with Crippen LogP contribution in [0.1, 0.15) is 35.7 Å². The van der Waals surface area contributed by atoms with Crippen LogP contribution in [0, 0.1) is 24.7 Å². The van der Waals surface area contributed by atoms with Crippen molar-refractivity contribution in [3.05, 3.63) is 64.5 Å². The number of rotatable bonds is 7. The first-order chi connectivity index (χ1) is 19.2. The number of nitrogens with zero attached hydrogens (tertiary/aromatic N) is 4. The molecule has 1 aliphatic carbocycles. The topological polar surface area (TPSA) is 123 Å². The molecular formula is C30H32ClN7O2. The number of likely N-dealkylation sites (tertiary alicyclic amines) is 1. The van der Waals surface area contributed by atoms with Crippen molar-refractivity contribution in [1.82, 2.24) is 24.9 Å². The zero-order valence-corrected chi connectivity index (χ0v) is 23.6. The number of aromatic amines is 1. The summed E-state index contributed by atoms with van der Waals surface area (Å²) < 4.78 is 2.12. The van der Waals surface area contributed by atoms with Gasteiger partial charge >= 0.3 is 0 Å². The monoisotopic (exact) mass is 557 g/mol. The van der Waals surface area contributed by atoms with Crippen LogP contribution in [0.5, 0.6) is 0 Å². The van der Waals surface area contributed by atoms with Gasteiger partial charge in [-0.05, 0) is 50.5 Å². The zero-order valence-electron chi connectivity index (χ0n) is 22.8. The number of aryl methyl sites for hydroxylation is 1. The minimum Gasteiger partial charge on any atom is -0.391 e. The highest BCUT2D eigenvalue weighted by Crippen LogP contribution is 2.55. The number of hydrogen-bond donors (Lipinski definition) is 4. The highest BCUT2D eigenvalue weighted by atomic mass is 35.5. The number of aliphatic hydroxyl groups excluding tert-OH is 1. The summed E-state index contributed by atoms with van der Waals surface area (Å²) in [4.78, 5) is 14.2. The molecule has 0 radical (unpaired) electrons. The molecule has 10 heteroatoms. The number of anilines is 1. The Morgan fingerprint density at radius 3 is 2.73 bits per heavy atom. The van der Waals surface area contributed by atoms with Gasteiger partial charge in [-0.25, -0.2) is 0 Å². The van der Waals surface area contributed by atoms with Crippen molar-refractivity contribution < 1.29 is 9.90 Å². The Labute approximate surface area is 237 Å². The molecule has 2 fully saturated rings. The molecule has 3 heterocycles. The number of fused-ring (bicyclic) bond motifs is 1. The minimum atomic E-state index is -0.316. The summed E-state index contributed by atoms with van der Waals surface area (Å²) in [6, 6.07) is 8.17. The number of hydrogen-bond acceptors (Lipinski definition) is 6. The van der Waals surface area contributed by atoms with Gasteiger partial charge in [0.15, 0.2) is 0 Å². The molecule has 0 bridgehead atoms. The molecule has 2 aromatic carbocycles. The molecule has 6 rings (SSSR count). The van der Waals surface area contributed by atoms with Crippen LogP contribution in [-0.2, 0) is 4.79 Å². The van der Waals surface area contributed by atoms with Gasteiger partial charge in [-0.3, -0.25) is 14.6 Å². The molecule has 1 aliphatic heterocycles. The van der Waals surface area contributed by atoms with Crippen LogP contribution in [0.3, 0.4) is 0 Å². The lowest BCUT2D eigenvalue weighted by molar-refractivity contribution is -0.150. The maximum absolute atomic E-state index is 12.4. The van der Waals surface area contributed by atoms with Crippen LogP contribution < -0.4 is 5.32 Å². The summed E-state index contributed by atoms with van der Waals surface area (Å²) in [7, 11) is 1.84. The molecule has 2 aromatic heterocycles. The number of nitrogens with one attached hydrogen (secondary N) is 3. The first kappa shape index (κ1) is 26.3. The number of H-pyrrole nitrogens is 1. The van der Waals surface area contributed by atoms with Crippen LogP contribution >= 0.6 is 11.6 Å². The van der Waals surface area contributed by atoms with Gasteiger partial charge in [0, 0.05) is 76.4 Å². The van der Waals surface area contributed by atoms with Gasteiger partial charge in [0.1, 0.15) is 5.69 Å². The van der Waals surface area contributed by atoms with E-state index in [2.05, 4.69) is 33.7 Å². The molecule has 0 unspecified atom stereocenters. The lowest BCUT2D eigenvalue weighted by Crippen LogP contribution is -2.64. The summed E-state index contributed by atoms with van der Waals surface area (Å²) in [5.41, 5.74) is 8.39. The van der Waals surface area contributed by atoms with E-state index < -0.39 is 0 Å². The predicted octanol–water partition coefficient (Wildman–Crippen LogP) is 5.12.